The molecule has 0 radical (unpaired) electrons. The fourth-order valence-corrected chi connectivity index (χ4v) is 5.37. The van der Waals surface area contributed by atoms with Gasteiger partial charge in [-0.1, -0.05) is 24.3 Å². The summed E-state index contributed by atoms with van der Waals surface area (Å²) in [4.78, 5) is 51.7. The van der Waals surface area contributed by atoms with E-state index in [0.717, 1.165) is 11.1 Å². The Hall–Kier alpha value is -1.93. The first-order valence-electron chi connectivity index (χ1n) is 12.0. The van der Waals surface area contributed by atoms with Gasteiger partial charge in [0.2, 0.25) is 17.7 Å². The van der Waals surface area contributed by atoms with Crippen LogP contribution < -0.4 is 21.7 Å². The second kappa shape index (κ2) is 16.1. The van der Waals surface area contributed by atoms with Crippen LogP contribution >= 0.6 is 36.2 Å². The molecule has 1 aromatic rings. The number of rotatable bonds is 15. The maximum Gasteiger partial charge on any atom is 0.326 e. The number of aliphatic carboxylic acids is 1. The Morgan fingerprint density at radius 2 is 1.92 bits per heavy atom. The third kappa shape index (κ3) is 10.0. The highest BCUT2D eigenvalue weighted by Gasteiger charge is 2.38. The Balaban J connectivity index is 2.28. The Labute approximate surface area is 232 Å². The summed E-state index contributed by atoms with van der Waals surface area (Å²) in [7, 11) is 0. The van der Waals surface area contributed by atoms with Crippen molar-refractivity contribution in [2.45, 2.75) is 50.5 Å². The molecule has 10 nitrogen and oxygen atoms in total. The molecule has 2 rings (SSSR count). The molecule has 1 heterocycles. The molecule has 0 aliphatic carbocycles. The number of hydrogen-bond donors (Lipinski definition) is 6. The summed E-state index contributed by atoms with van der Waals surface area (Å²) in [5.41, 5.74) is 7.89. The monoisotopic (exact) mass is 571 g/mol. The van der Waals surface area contributed by atoms with Gasteiger partial charge in [-0.15, -0.1) is 11.8 Å². The third-order valence-corrected chi connectivity index (χ3v) is 7.96. The average molecular weight is 572 g/mol. The number of hydrogen-bond acceptors (Lipinski definition) is 9. The molecule has 1 aromatic carbocycles. The van der Waals surface area contributed by atoms with E-state index in [0.29, 0.717) is 29.7 Å². The van der Waals surface area contributed by atoms with Crippen LogP contribution in [0.3, 0.4) is 0 Å². The minimum atomic E-state index is -1.11. The van der Waals surface area contributed by atoms with E-state index in [1.54, 1.807) is 0 Å². The summed E-state index contributed by atoms with van der Waals surface area (Å²) in [5.74, 6) is -0.359. The first kappa shape index (κ1) is 31.3. The fourth-order valence-electron chi connectivity index (χ4n) is 3.86. The van der Waals surface area contributed by atoms with E-state index in [2.05, 4.69) is 28.6 Å². The number of fused-ring (bicyclic) bond motifs is 1. The van der Waals surface area contributed by atoms with E-state index in [-0.39, 0.29) is 37.2 Å². The SMILES string of the molecule is CSCC[C@H](NC(=O)[C@@H]1Cc2ccccc2CN1C(=O)[C@H](CSCNC(C)=O)NC[C@@H](N)CS)C(=O)O. The van der Waals surface area contributed by atoms with Gasteiger partial charge in [0.1, 0.15) is 12.1 Å². The lowest BCUT2D eigenvalue weighted by atomic mass is 9.92. The Morgan fingerprint density at radius 3 is 2.54 bits per heavy atom. The lowest BCUT2D eigenvalue weighted by Crippen LogP contribution is -2.60. The molecule has 0 saturated carbocycles. The summed E-state index contributed by atoms with van der Waals surface area (Å²) >= 11 is 7.09. The van der Waals surface area contributed by atoms with Gasteiger partial charge < -0.3 is 31.7 Å². The smallest absolute Gasteiger partial charge is 0.326 e. The largest absolute Gasteiger partial charge is 0.480 e. The van der Waals surface area contributed by atoms with Crippen LogP contribution in [0.2, 0.25) is 0 Å². The lowest BCUT2D eigenvalue weighted by Gasteiger charge is -2.38. The van der Waals surface area contributed by atoms with Crippen molar-refractivity contribution in [3.63, 3.8) is 0 Å². The number of carbonyl (C=O) groups is 4. The van der Waals surface area contributed by atoms with E-state index in [4.69, 9.17) is 5.73 Å². The Bertz CT molecular complexity index is 938. The summed E-state index contributed by atoms with van der Waals surface area (Å²) < 4.78 is 0. The van der Waals surface area contributed by atoms with Crippen molar-refractivity contribution in [3.05, 3.63) is 35.4 Å². The quantitative estimate of drug-likeness (QED) is 0.0991. The van der Waals surface area contributed by atoms with Crippen LogP contribution in [0.1, 0.15) is 24.5 Å². The molecule has 3 amide bonds. The van der Waals surface area contributed by atoms with Crippen molar-refractivity contribution in [1.82, 2.24) is 20.9 Å². The summed E-state index contributed by atoms with van der Waals surface area (Å²) in [6.07, 6.45) is 2.44. The number of nitrogens with two attached hydrogens (primary N) is 1. The van der Waals surface area contributed by atoms with Gasteiger partial charge in [0.05, 0.1) is 11.9 Å². The molecule has 0 aromatic heterocycles. The molecule has 0 bridgehead atoms. The zero-order valence-corrected chi connectivity index (χ0v) is 23.7. The minimum absolute atomic E-state index is 0.167. The van der Waals surface area contributed by atoms with Gasteiger partial charge in [0, 0.05) is 44.0 Å². The van der Waals surface area contributed by atoms with Gasteiger partial charge in [-0.25, -0.2) is 4.79 Å². The highest BCUT2D eigenvalue weighted by atomic mass is 32.2. The average Bonchev–Trinajstić information content (AvgIpc) is 2.88. The van der Waals surface area contributed by atoms with E-state index in [1.165, 1.54) is 35.3 Å². The maximum absolute atomic E-state index is 13.8. The van der Waals surface area contributed by atoms with E-state index in [9.17, 15) is 24.3 Å². The van der Waals surface area contributed by atoms with Crippen molar-refractivity contribution in [2.75, 3.05) is 35.9 Å². The normalized spacial score (nSPS) is 17.3. The van der Waals surface area contributed by atoms with Gasteiger partial charge in [-0.05, 0) is 29.6 Å². The zero-order valence-electron chi connectivity index (χ0n) is 21.1. The molecule has 0 saturated heterocycles. The standard InChI is InChI=1S/C24H37N5O5S3/c1-15(30)27-14-37-13-20(26-10-18(25)12-35)23(32)29-11-17-6-4-3-5-16(17)9-21(29)22(31)28-19(24(33)34)7-8-36-2/h3-6,18-21,26,35H,7-14,25H2,1-2H3,(H,27,30)(H,28,31)(H,33,34)/t18-,19+,20+,21+/m1/s1. The second-order valence-electron chi connectivity index (χ2n) is 8.79. The summed E-state index contributed by atoms with van der Waals surface area (Å²) in [6, 6.07) is 4.77. The van der Waals surface area contributed by atoms with Gasteiger partial charge in [-0.2, -0.15) is 24.4 Å². The van der Waals surface area contributed by atoms with Crippen molar-refractivity contribution in [2.24, 2.45) is 5.73 Å². The minimum Gasteiger partial charge on any atom is -0.480 e. The summed E-state index contributed by atoms with van der Waals surface area (Å²) in [5, 5.41) is 18.2. The zero-order chi connectivity index (χ0) is 27.4. The number of nitrogens with zero attached hydrogens (tertiary/aromatic N) is 1. The summed E-state index contributed by atoms with van der Waals surface area (Å²) in [6.45, 7) is 1.99. The number of carboxylic acid groups (broad SMARTS) is 1. The molecular formula is C24H37N5O5S3. The van der Waals surface area contributed by atoms with Crippen molar-refractivity contribution in [1.29, 1.82) is 0 Å². The van der Waals surface area contributed by atoms with E-state index in [1.807, 2.05) is 30.5 Å². The van der Waals surface area contributed by atoms with Gasteiger partial charge in [0.25, 0.3) is 0 Å². The molecule has 13 heteroatoms. The first-order chi connectivity index (χ1) is 17.7. The Kier molecular flexibility index (Phi) is 13.6. The molecule has 0 spiro atoms. The number of thiol groups is 1. The van der Waals surface area contributed by atoms with Crippen molar-refractivity contribution < 1.29 is 24.3 Å². The number of thioether (sulfide) groups is 2. The van der Waals surface area contributed by atoms with E-state index >= 15 is 0 Å². The molecular weight excluding hydrogens is 534 g/mol. The molecule has 0 unspecified atom stereocenters. The Morgan fingerprint density at radius 1 is 1.22 bits per heavy atom. The van der Waals surface area contributed by atoms with Crippen molar-refractivity contribution >= 4 is 59.8 Å². The fraction of sp³-hybridized carbons (Fsp3) is 0.583. The highest BCUT2D eigenvalue weighted by molar-refractivity contribution is 7.99. The van der Waals surface area contributed by atoms with Crippen LogP contribution in [-0.4, -0.2) is 93.8 Å². The van der Waals surface area contributed by atoms with Crippen LogP contribution in [0.4, 0.5) is 0 Å². The first-order valence-corrected chi connectivity index (χ1v) is 15.2. The van der Waals surface area contributed by atoms with Crippen LogP contribution in [-0.2, 0) is 32.1 Å². The molecule has 206 valence electrons. The lowest BCUT2D eigenvalue weighted by molar-refractivity contribution is -0.146. The van der Waals surface area contributed by atoms with Crippen molar-refractivity contribution in [3.8, 4) is 0 Å². The van der Waals surface area contributed by atoms with Crippen LogP contribution in [0.25, 0.3) is 0 Å². The molecule has 1 aliphatic rings. The van der Waals surface area contributed by atoms with Crippen LogP contribution in [0, 0.1) is 0 Å². The molecule has 6 N–H and O–H groups in total. The third-order valence-electron chi connectivity index (χ3n) is 5.93. The van der Waals surface area contributed by atoms with Crippen LogP contribution in [0.15, 0.2) is 24.3 Å². The number of carbonyl (C=O) groups excluding carboxylic acids is 3. The van der Waals surface area contributed by atoms with Gasteiger partial charge >= 0.3 is 5.97 Å². The van der Waals surface area contributed by atoms with Gasteiger partial charge in [-0.3, -0.25) is 14.4 Å². The maximum atomic E-state index is 13.8. The second-order valence-corrected chi connectivity index (χ2v) is 11.2. The van der Waals surface area contributed by atoms with Gasteiger partial charge in [0.15, 0.2) is 0 Å². The molecule has 37 heavy (non-hydrogen) atoms. The molecule has 1 aliphatic heterocycles. The number of amides is 3. The number of nitrogens with one attached hydrogen (secondary N) is 3. The number of benzene rings is 1. The highest BCUT2D eigenvalue weighted by Crippen LogP contribution is 2.25. The molecule has 4 atom stereocenters. The molecule has 0 fully saturated rings. The van der Waals surface area contributed by atoms with Crippen LogP contribution in [0.5, 0.6) is 0 Å². The predicted molar refractivity (Wildman–Crippen MR) is 152 cm³/mol. The predicted octanol–water partition coefficient (Wildman–Crippen LogP) is 0.305. The topological polar surface area (TPSA) is 154 Å². The van der Waals surface area contributed by atoms with E-state index < -0.39 is 30.0 Å². The number of carboxylic acids is 1.